The first-order valence-electron chi connectivity index (χ1n) is 8.95. The number of pyridine rings is 1. The number of hydrogen-bond donors (Lipinski definition) is 3. The monoisotopic (exact) mass is 368 g/mol. The van der Waals surface area contributed by atoms with Crippen molar-refractivity contribution in [3.63, 3.8) is 0 Å². The highest BCUT2D eigenvalue weighted by Gasteiger charge is 2.26. The lowest BCUT2D eigenvalue weighted by Crippen LogP contribution is -2.31. The summed E-state index contributed by atoms with van der Waals surface area (Å²) in [5.74, 6) is 0. The van der Waals surface area contributed by atoms with Crippen LogP contribution in [0, 0.1) is 0 Å². The van der Waals surface area contributed by atoms with Gasteiger partial charge >= 0.3 is 12.1 Å². The number of aromatic nitrogens is 1. The third kappa shape index (κ3) is 5.10. The zero-order valence-corrected chi connectivity index (χ0v) is 15.3. The number of urea groups is 2. The van der Waals surface area contributed by atoms with Gasteiger partial charge in [-0.15, -0.1) is 0 Å². The molecule has 2 heterocycles. The summed E-state index contributed by atoms with van der Waals surface area (Å²) in [6, 6.07) is 10.8. The van der Waals surface area contributed by atoms with Crippen molar-refractivity contribution in [1.82, 2.24) is 15.2 Å². The second kappa shape index (κ2) is 8.88. The van der Waals surface area contributed by atoms with Crippen molar-refractivity contribution in [3.05, 3.63) is 48.8 Å². The van der Waals surface area contributed by atoms with E-state index in [2.05, 4.69) is 20.9 Å². The van der Waals surface area contributed by atoms with Crippen molar-refractivity contribution in [2.24, 2.45) is 0 Å². The van der Waals surface area contributed by atoms with Gasteiger partial charge in [0.25, 0.3) is 0 Å². The van der Waals surface area contributed by atoms with Crippen LogP contribution < -0.4 is 20.9 Å². The zero-order chi connectivity index (χ0) is 19.1. The molecular formula is C19H24N6O2. The maximum Gasteiger partial charge on any atom is 0.324 e. The number of nitrogens with zero attached hydrogens (tertiary/aromatic N) is 3. The molecule has 4 amide bonds. The molecule has 0 bridgehead atoms. The van der Waals surface area contributed by atoms with Crippen molar-refractivity contribution in [2.45, 2.75) is 6.42 Å². The average Bonchev–Trinajstić information content (AvgIpc) is 3.01. The maximum absolute atomic E-state index is 12.1. The Morgan fingerprint density at radius 2 is 2.00 bits per heavy atom. The van der Waals surface area contributed by atoms with Crippen molar-refractivity contribution >= 4 is 29.1 Å². The molecule has 1 aromatic carbocycles. The lowest BCUT2D eigenvalue weighted by Gasteiger charge is -2.17. The molecule has 1 aliphatic rings. The minimum absolute atomic E-state index is 0.0299. The second-order valence-corrected chi connectivity index (χ2v) is 6.31. The highest BCUT2D eigenvalue weighted by molar-refractivity contribution is 5.95. The van der Waals surface area contributed by atoms with Crippen LogP contribution in [0.4, 0.5) is 26.7 Å². The molecule has 27 heavy (non-hydrogen) atoms. The van der Waals surface area contributed by atoms with Gasteiger partial charge < -0.3 is 20.9 Å². The third-order valence-electron chi connectivity index (χ3n) is 4.26. The molecule has 1 saturated heterocycles. The lowest BCUT2D eigenvalue weighted by molar-refractivity contribution is 0.229. The molecule has 3 rings (SSSR count). The van der Waals surface area contributed by atoms with E-state index in [4.69, 9.17) is 0 Å². The molecule has 1 aromatic heterocycles. The van der Waals surface area contributed by atoms with E-state index < -0.39 is 0 Å². The number of nitrogens with one attached hydrogen (secondary N) is 3. The summed E-state index contributed by atoms with van der Waals surface area (Å²) in [5, 5.41) is 8.88. The van der Waals surface area contributed by atoms with Crippen molar-refractivity contribution in [3.8, 4) is 0 Å². The van der Waals surface area contributed by atoms with E-state index in [9.17, 15) is 9.59 Å². The fourth-order valence-corrected chi connectivity index (χ4v) is 2.80. The van der Waals surface area contributed by atoms with Gasteiger partial charge in [0.1, 0.15) is 0 Å². The molecule has 1 fully saturated rings. The van der Waals surface area contributed by atoms with Crippen molar-refractivity contribution < 1.29 is 9.59 Å². The quantitative estimate of drug-likeness (QED) is 0.655. The van der Waals surface area contributed by atoms with Gasteiger partial charge in [-0.05, 0) is 36.8 Å². The minimum Gasteiger partial charge on any atom is -0.384 e. The molecule has 0 radical (unpaired) electrons. The highest BCUT2D eigenvalue weighted by Crippen LogP contribution is 2.22. The Kier molecular flexibility index (Phi) is 6.09. The number of rotatable bonds is 7. The van der Waals surface area contributed by atoms with E-state index in [1.807, 2.05) is 24.3 Å². The molecule has 0 spiro atoms. The SMILES string of the molecule is CN1CCN(c2cccc(NC(=O)NCCCNc3cccnc3)c2)C1=O. The highest BCUT2D eigenvalue weighted by atomic mass is 16.2. The van der Waals surface area contributed by atoms with E-state index in [1.54, 1.807) is 41.4 Å². The smallest absolute Gasteiger partial charge is 0.324 e. The number of hydrogen-bond acceptors (Lipinski definition) is 4. The van der Waals surface area contributed by atoms with Gasteiger partial charge in [-0.3, -0.25) is 9.88 Å². The molecule has 1 aliphatic heterocycles. The number of amides is 4. The summed E-state index contributed by atoms with van der Waals surface area (Å²) in [6.45, 7) is 2.64. The molecule has 8 heteroatoms. The predicted octanol–water partition coefficient (Wildman–Crippen LogP) is 2.58. The lowest BCUT2D eigenvalue weighted by atomic mass is 10.2. The van der Waals surface area contributed by atoms with Gasteiger partial charge in [0.15, 0.2) is 0 Å². The summed E-state index contributed by atoms with van der Waals surface area (Å²) in [7, 11) is 1.78. The molecule has 2 aromatic rings. The topological polar surface area (TPSA) is 89.6 Å². The Bertz CT molecular complexity index is 783. The van der Waals surface area contributed by atoms with Crippen LogP contribution in [0.25, 0.3) is 0 Å². The van der Waals surface area contributed by atoms with Crippen LogP contribution >= 0.6 is 0 Å². The average molecular weight is 368 g/mol. The van der Waals surface area contributed by atoms with Crippen molar-refractivity contribution in [1.29, 1.82) is 0 Å². The summed E-state index contributed by atoms with van der Waals surface area (Å²) < 4.78 is 0. The van der Waals surface area contributed by atoms with Crippen LogP contribution in [0.1, 0.15) is 6.42 Å². The Morgan fingerprint density at radius 1 is 1.15 bits per heavy atom. The zero-order valence-electron chi connectivity index (χ0n) is 15.3. The Balaban J connectivity index is 1.41. The van der Waals surface area contributed by atoms with E-state index in [0.717, 1.165) is 24.3 Å². The summed E-state index contributed by atoms with van der Waals surface area (Å²) in [6.07, 6.45) is 4.27. The number of likely N-dealkylation sites (N-methyl/N-ethyl adjacent to an activating group) is 1. The molecule has 0 atom stereocenters. The molecule has 0 saturated carbocycles. The number of carbonyl (C=O) groups is 2. The van der Waals surface area contributed by atoms with Gasteiger partial charge in [0.2, 0.25) is 0 Å². The van der Waals surface area contributed by atoms with E-state index in [1.165, 1.54) is 0 Å². The summed E-state index contributed by atoms with van der Waals surface area (Å²) >= 11 is 0. The molecular weight excluding hydrogens is 344 g/mol. The maximum atomic E-state index is 12.1. The standard InChI is InChI=1S/C19H24N6O2/c1-24-11-12-25(19(24)27)17-7-2-5-15(13-17)23-18(26)22-10-4-9-21-16-6-3-8-20-14-16/h2-3,5-8,13-14,21H,4,9-12H2,1H3,(H2,22,23,26). The van der Waals surface area contributed by atoms with E-state index in [-0.39, 0.29) is 12.1 Å². The summed E-state index contributed by atoms with van der Waals surface area (Å²) in [4.78, 5) is 31.5. The third-order valence-corrected chi connectivity index (χ3v) is 4.26. The van der Waals surface area contributed by atoms with Gasteiger partial charge in [-0.2, -0.15) is 0 Å². The number of anilines is 3. The van der Waals surface area contributed by atoms with Crippen LogP contribution in [-0.4, -0.2) is 55.2 Å². The molecule has 0 aliphatic carbocycles. The van der Waals surface area contributed by atoms with Crippen molar-refractivity contribution in [2.75, 3.05) is 48.8 Å². The van der Waals surface area contributed by atoms with Gasteiger partial charge in [0, 0.05) is 57.0 Å². The van der Waals surface area contributed by atoms with Crippen LogP contribution in [0.3, 0.4) is 0 Å². The van der Waals surface area contributed by atoms with Crippen LogP contribution in [-0.2, 0) is 0 Å². The summed E-state index contributed by atoms with van der Waals surface area (Å²) in [5.41, 5.74) is 2.39. The first-order valence-corrected chi connectivity index (χ1v) is 8.95. The number of carbonyl (C=O) groups excluding carboxylic acids is 2. The predicted molar refractivity (Wildman–Crippen MR) is 106 cm³/mol. The largest absolute Gasteiger partial charge is 0.384 e. The molecule has 8 nitrogen and oxygen atoms in total. The Hall–Kier alpha value is -3.29. The first-order chi connectivity index (χ1) is 13.1. The Labute approximate surface area is 158 Å². The van der Waals surface area contributed by atoms with Crippen LogP contribution in [0.5, 0.6) is 0 Å². The second-order valence-electron chi connectivity index (χ2n) is 6.31. The molecule has 0 unspecified atom stereocenters. The molecule has 3 N–H and O–H groups in total. The van der Waals surface area contributed by atoms with E-state index >= 15 is 0 Å². The first kappa shape index (κ1) is 18.5. The minimum atomic E-state index is -0.265. The fourth-order valence-electron chi connectivity index (χ4n) is 2.80. The Morgan fingerprint density at radius 3 is 2.74 bits per heavy atom. The van der Waals surface area contributed by atoms with Gasteiger partial charge in [0.05, 0.1) is 5.69 Å². The molecule has 142 valence electrons. The number of benzene rings is 1. The van der Waals surface area contributed by atoms with E-state index in [0.29, 0.717) is 25.3 Å². The van der Waals surface area contributed by atoms with Gasteiger partial charge in [-0.1, -0.05) is 6.07 Å². The van der Waals surface area contributed by atoms with Gasteiger partial charge in [-0.25, -0.2) is 9.59 Å². The normalized spacial score (nSPS) is 13.6. The van der Waals surface area contributed by atoms with Crippen LogP contribution in [0.15, 0.2) is 48.8 Å². The van der Waals surface area contributed by atoms with Crippen LogP contribution in [0.2, 0.25) is 0 Å². The fraction of sp³-hybridized carbons (Fsp3) is 0.316.